The molecule has 0 aliphatic carbocycles. The van der Waals surface area contributed by atoms with Crippen LogP contribution >= 0.6 is 0 Å². The van der Waals surface area contributed by atoms with Crippen molar-refractivity contribution in [2.24, 2.45) is 0 Å². The van der Waals surface area contributed by atoms with Crippen LogP contribution in [0.3, 0.4) is 0 Å². The highest BCUT2D eigenvalue weighted by Crippen LogP contribution is 2.19. The normalized spacial score (nSPS) is 15.6. The van der Waals surface area contributed by atoms with Gasteiger partial charge in [0.15, 0.2) is 0 Å². The van der Waals surface area contributed by atoms with E-state index < -0.39 is 0 Å². The van der Waals surface area contributed by atoms with Crippen molar-refractivity contribution in [3.63, 3.8) is 0 Å². The summed E-state index contributed by atoms with van der Waals surface area (Å²) in [6.07, 6.45) is 1.62. The molecule has 21 heavy (non-hydrogen) atoms. The second-order valence-electron chi connectivity index (χ2n) is 6.03. The largest absolute Gasteiger partial charge is 0.368 e. The van der Waals surface area contributed by atoms with Crippen LogP contribution in [-0.4, -0.2) is 56.0 Å². The summed E-state index contributed by atoms with van der Waals surface area (Å²) in [7, 11) is 4.18. The Morgan fingerprint density at radius 3 is 2.52 bits per heavy atom. The van der Waals surface area contributed by atoms with Gasteiger partial charge in [0.1, 0.15) is 0 Å². The highest BCUT2D eigenvalue weighted by molar-refractivity contribution is 5.76. The molecule has 4 nitrogen and oxygen atoms in total. The first-order valence-electron chi connectivity index (χ1n) is 7.86. The first-order valence-corrected chi connectivity index (χ1v) is 7.86. The Kier molecular flexibility index (Phi) is 5.62. The van der Waals surface area contributed by atoms with Gasteiger partial charge in [0.2, 0.25) is 5.91 Å². The molecule has 1 aromatic carbocycles. The van der Waals surface area contributed by atoms with Gasteiger partial charge in [-0.05, 0) is 38.2 Å². The molecule has 116 valence electrons. The lowest BCUT2D eigenvalue weighted by Gasteiger charge is -2.36. The third kappa shape index (κ3) is 4.46. The molecule has 1 heterocycles. The molecule has 0 saturated carbocycles. The standard InChI is InChI=1S/C17H27N3O/c1-4-6-17(21)20-11-9-19(10-12-20)16-8-5-7-15(13-16)14-18(2)3/h5,7-8,13H,4,6,9-12,14H2,1-3H3. The topological polar surface area (TPSA) is 26.8 Å². The number of benzene rings is 1. The zero-order chi connectivity index (χ0) is 15.2. The summed E-state index contributed by atoms with van der Waals surface area (Å²) in [6, 6.07) is 8.74. The van der Waals surface area contributed by atoms with Crippen LogP contribution in [0.2, 0.25) is 0 Å². The van der Waals surface area contributed by atoms with E-state index in [4.69, 9.17) is 0 Å². The van der Waals surface area contributed by atoms with Crippen LogP contribution in [0.4, 0.5) is 5.69 Å². The maximum Gasteiger partial charge on any atom is 0.222 e. The number of carbonyl (C=O) groups excluding carboxylic acids is 1. The van der Waals surface area contributed by atoms with Gasteiger partial charge in [0.25, 0.3) is 0 Å². The Balaban J connectivity index is 1.94. The van der Waals surface area contributed by atoms with Crippen LogP contribution in [0.1, 0.15) is 25.3 Å². The minimum absolute atomic E-state index is 0.304. The molecule has 1 saturated heterocycles. The first kappa shape index (κ1) is 15.8. The summed E-state index contributed by atoms with van der Waals surface area (Å²) in [5.74, 6) is 0.304. The molecule has 0 N–H and O–H groups in total. The summed E-state index contributed by atoms with van der Waals surface area (Å²) >= 11 is 0. The van der Waals surface area contributed by atoms with E-state index in [-0.39, 0.29) is 0 Å². The molecule has 0 aromatic heterocycles. The van der Waals surface area contributed by atoms with Gasteiger partial charge >= 0.3 is 0 Å². The van der Waals surface area contributed by atoms with E-state index in [1.165, 1.54) is 11.3 Å². The maximum atomic E-state index is 11.9. The van der Waals surface area contributed by atoms with Crippen LogP contribution in [-0.2, 0) is 11.3 Å². The number of nitrogens with zero attached hydrogens (tertiary/aromatic N) is 3. The van der Waals surface area contributed by atoms with Gasteiger partial charge in [-0.25, -0.2) is 0 Å². The molecule has 1 aliphatic heterocycles. The monoisotopic (exact) mass is 289 g/mol. The van der Waals surface area contributed by atoms with E-state index in [0.717, 1.165) is 39.1 Å². The summed E-state index contributed by atoms with van der Waals surface area (Å²) in [6.45, 7) is 6.57. The lowest BCUT2D eigenvalue weighted by atomic mass is 10.1. The molecule has 4 heteroatoms. The molecule has 0 radical (unpaired) electrons. The second kappa shape index (κ2) is 7.46. The summed E-state index contributed by atoms with van der Waals surface area (Å²) in [5.41, 5.74) is 2.61. The number of piperazine rings is 1. The van der Waals surface area contributed by atoms with E-state index in [2.05, 4.69) is 55.1 Å². The van der Waals surface area contributed by atoms with Crippen molar-refractivity contribution in [2.45, 2.75) is 26.3 Å². The molecule has 0 unspecified atom stereocenters. The van der Waals surface area contributed by atoms with Gasteiger partial charge in [-0.15, -0.1) is 0 Å². The van der Waals surface area contributed by atoms with Crippen LogP contribution in [0.5, 0.6) is 0 Å². The molecule has 0 atom stereocenters. The van der Waals surface area contributed by atoms with E-state index >= 15 is 0 Å². The minimum atomic E-state index is 0.304. The Hall–Kier alpha value is -1.55. The van der Waals surface area contributed by atoms with Crippen LogP contribution in [0, 0.1) is 0 Å². The van der Waals surface area contributed by atoms with E-state index in [1.807, 2.05) is 4.90 Å². The first-order chi connectivity index (χ1) is 10.1. The average molecular weight is 289 g/mol. The predicted molar refractivity (Wildman–Crippen MR) is 87.5 cm³/mol. The van der Waals surface area contributed by atoms with Gasteiger partial charge in [-0.3, -0.25) is 4.79 Å². The maximum absolute atomic E-state index is 11.9. The number of amides is 1. The molecule has 1 aromatic rings. The van der Waals surface area contributed by atoms with Crippen molar-refractivity contribution in [1.29, 1.82) is 0 Å². The molecule has 1 aliphatic rings. The van der Waals surface area contributed by atoms with Gasteiger partial charge in [0.05, 0.1) is 0 Å². The molecular weight excluding hydrogens is 262 g/mol. The fourth-order valence-electron chi connectivity index (χ4n) is 2.80. The van der Waals surface area contributed by atoms with Crippen LogP contribution in [0.25, 0.3) is 0 Å². The van der Waals surface area contributed by atoms with E-state index in [0.29, 0.717) is 12.3 Å². The zero-order valence-corrected chi connectivity index (χ0v) is 13.5. The third-order valence-electron chi connectivity index (χ3n) is 3.87. The van der Waals surface area contributed by atoms with Crippen molar-refractivity contribution in [3.8, 4) is 0 Å². The number of hydrogen-bond donors (Lipinski definition) is 0. The number of rotatable bonds is 5. The van der Waals surface area contributed by atoms with Gasteiger partial charge < -0.3 is 14.7 Å². The van der Waals surface area contributed by atoms with Crippen LogP contribution in [0.15, 0.2) is 24.3 Å². The quantitative estimate of drug-likeness (QED) is 0.831. The second-order valence-corrected chi connectivity index (χ2v) is 6.03. The average Bonchev–Trinajstić information content (AvgIpc) is 2.47. The van der Waals surface area contributed by atoms with E-state index in [1.54, 1.807) is 0 Å². The molecule has 2 rings (SSSR count). The number of carbonyl (C=O) groups is 1. The molecule has 1 fully saturated rings. The summed E-state index contributed by atoms with van der Waals surface area (Å²) in [5, 5.41) is 0. The zero-order valence-electron chi connectivity index (χ0n) is 13.5. The van der Waals surface area contributed by atoms with Gasteiger partial charge in [0, 0.05) is 44.8 Å². The Morgan fingerprint density at radius 2 is 1.90 bits per heavy atom. The lowest BCUT2D eigenvalue weighted by Crippen LogP contribution is -2.48. The highest BCUT2D eigenvalue weighted by atomic mass is 16.2. The minimum Gasteiger partial charge on any atom is -0.368 e. The van der Waals surface area contributed by atoms with Crippen molar-refractivity contribution in [3.05, 3.63) is 29.8 Å². The Labute approximate surface area is 128 Å². The predicted octanol–water partition coefficient (Wildman–Crippen LogP) is 2.20. The fourth-order valence-corrected chi connectivity index (χ4v) is 2.80. The van der Waals surface area contributed by atoms with Crippen molar-refractivity contribution in [2.75, 3.05) is 45.2 Å². The molecule has 0 bridgehead atoms. The lowest BCUT2D eigenvalue weighted by molar-refractivity contribution is -0.131. The fraction of sp³-hybridized carbons (Fsp3) is 0.588. The molecular formula is C17H27N3O. The van der Waals surface area contributed by atoms with Crippen molar-refractivity contribution >= 4 is 11.6 Å². The van der Waals surface area contributed by atoms with Gasteiger partial charge in [-0.2, -0.15) is 0 Å². The molecule has 0 spiro atoms. The summed E-state index contributed by atoms with van der Waals surface area (Å²) < 4.78 is 0. The smallest absolute Gasteiger partial charge is 0.222 e. The van der Waals surface area contributed by atoms with Crippen molar-refractivity contribution in [1.82, 2.24) is 9.80 Å². The third-order valence-corrected chi connectivity index (χ3v) is 3.87. The Bertz CT molecular complexity index is 465. The van der Waals surface area contributed by atoms with E-state index in [9.17, 15) is 4.79 Å². The van der Waals surface area contributed by atoms with Gasteiger partial charge in [-0.1, -0.05) is 19.1 Å². The van der Waals surface area contributed by atoms with Crippen molar-refractivity contribution < 1.29 is 4.79 Å². The number of hydrogen-bond acceptors (Lipinski definition) is 3. The van der Waals surface area contributed by atoms with Crippen LogP contribution < -0.4 is 4.90 Å². The Morgan fingerprint density at radius 1 is 1.19 bits per heavy atom. The SMILES string of the molecule is CCCC(=O)N1CCN(c2cccc(CN(C)C)c2)CC1. The molecule has 1 amide bonds. The number of anilines is 1. The highest BCUT2D eigenvalue weighted by Gasteiger charge is 2.20. The summed E-state index contributed by atoms with van der Waals surface area (Å²) in [4.78, 5) is 18.5.